The van der Waals surface area contributed by atoms with Crippen molar-refractivity contribution in [2.75, 3.05) is 6.61 Å². The smallest absolute Gasteiger partial charge is 0.123 e. The Bertz CT molecular complexity index is 583. The fourth-order valence-electron chi connectivity index (χ4n) is 2.18. The molecule has 0 bridgehead atoms. The maximum absolute atomic E-state index is 5.81. The molecule has 0 fully saturated rings. The first-order valence-electron chi connectivity index (χ1n) is 7.37. The van der Waals surface area contributed by atoms with Gasteiger partial charge in [0.15, 0.2) is 0 Å². The molecule has 0 radical (unpaired) electrons. The minimum atomic E-state index is 0.756. The van der Waals surface area contributed by atoms with Crippen LogP contribution in [0, 0.1) is 6.92 Å². The molecule has 2 aromatic carbocycles. The molecule has 0 atom stereocenters. The number of ether oxygens (including phenoxy) is 1. The second-order valence-corrected chi connectivity index (χ2v) is 6.05. The normalized spacial score (nSPS) is 10.6. The van der Waals surface area contributed by atoms with Crippen LogP contribution in [0.1, 0.15) is 30.0 Å². The molecule has 2 aromatic rings. The highest BCUT2D eigenvalue weighted by molar-refractivity contribution is 9.10. The summed E-state index contributed by atoms with van der Waals surface area (Å²) in [5, 5.41) is 3.50. The molecule has 3 heteroatoms. The Morgan fingerprint density at radius 1 is 1.05 bits per heavy atom. The largest absolute Gasteiger partial charge is 0.493 e. The maximum atomic E-state index is 5.81. The standard InChI is InChI=1S/C18H22BrNO/c1-3-10-21-18-9-8-17(19)11-16(18)13-20-12-15-7-5-4-6-14(15)2/h4-9,11,20H,3,10,12-13H2,1-2H3. The van der Waals surface area contributed by atoms with Crippen molar-refractivity contribution in [1.82, 2.24) is 5.32 Å². The molecule has 0 aliphatic heterocycles. The first kappa shape index (κ1) is 16.1. The minimum Gasteiger partial charge on any atom is -0.493 e. The second kappa shape index (κ2) is 8.20. The Morgan fingerprint density at radius 3 is 2.57 bits per heavy atom. The number of hydrogen-bond donors (Lipinski definition) is 1. The summed E-state index contributed by atoms with van der Waals surface area (Å²) in [4.78, 5) is 0. The number of hydrogen-bond acceptors (Lipinski definition) is 2. The van der Waals surface area contributed by atoms with E-state index in [1.807, 2.05) is 12.1 Å². The summed E-state index contributed by atoms with van der Waals surface area (Å²) in [6, 6.07) is 14.6. The van der Waals surface area contributed by atoms with E-state index in [1.165, 1.54) is 16.7 Å². The number of nitrogens with one attached hydrogen (secondary N) is 1. The average molecular weight is 348 g/mol. The Labute approximate surface area is 135 Å². The third kappa shape index (κ3) is 4.87. The Kier molecular flexibility index (Phi) is 6.27. The lowest BCUT2D eigenvalue weighted by Crippen LogP contribution is -2.14. The van der Waals surface area contributed by atoms with Crippen molar-refractivity contribution in [3.63, 3.8) is 0 Å². The lowest BCUT2D eigenvalue weighted by Gasteiger charge is -2.13. The van der Waals surface area contributed by atoms with Gasteiger partial charge in [-0.3, -0.25) is 0 Å². The van der Waals surface area contributed by atoms with Gasteiger partial charge in [-0.05, 0) is 42.7 Å². The predicted octanol–water partition coefficient (Wildman–Crippen LogP) is 4.84. The monoisotopic (exact) mass is 347 g/mol. The van der Waals surface area contributed by atoms with Gasteiger partial charge in [0.05, 0.1) is 6.61 Å². The summed E-state index contributed by atoms with van der Waals surface area (Å²) in [7, 11) is 0. The zero-order valence-corrected chi connectivity index (χ0v) is 14.2. The molecule has 0 saturated carbocycles. The molecule has 0 aromatic heterocycles. The van der Waals surface area contributed by atoms with E-state index in [1.54, 1.807) is 0 Å². The topological polar surface area (TPSA) is 21.3 Å². The van der Waals surface area contributed by atoms with E-state index < -0.39 is 0 Å². The highest BCUT2D eigenvalue weighted by atomic mass is 79.9. The van der Waals surface area contributed by atoms with Gasteiger partial charge in [-0.25, -0.2) is 0 Å². The van der Waals surface area contributed by atoms with Crippen LogP contribution in [0.15, 0.2) is 46.9 Å². The van der Waals surface area contributed by atoms with Crippen molar-refractivity contribution in [3.8, 4) is 5.75 Å². The second-order valence-electron chi connectivity index (χ2n) is 5.13. The average Bonchev–Trinajstić information content (AvgIpc) is 2.48. The van der Waals surface area contributed by atoms with E-state index >= 15 is 0 Å². The molecule has 1 N–H and O–H groups in total. The van der Waals surface area contributed by atoms with Gasteiger partial charge in [-0.15, -0.1) is 0 Å². The Morgan fingerprint density at radius 2 is 1.81 bits per heavy atom. The fraction of sp³-hybridized carbons (Fsp3) is 0.333. The summed E-state index contributed by atoms with van der Waals surface area (Å²) in [5.41, 5.74) is 3.84. The van der Waals surface area contributed by atoms with Crippen LogP contribution < -0.4 is 10.1 Å². The maximum Gasteiger partial charge on any atom is 0.123 e. The zero-order valence-electron chi connectivity index (χ0n) is 12.7. The van der Waals surface area contributed by atoms with Crippen molar-refractivity contribution in [2.45, 2.75) is 33.4 Å². The van der Waals surface area contributed by atoms with E-state index in [0.29, 0.717) is 0 Å². The predicted molar refractivity (Wildman–Crippen MR) is 91.7 cm³/mol. The molecule has 0 aliphatic rings. The van der Waals surface area contributed by atoms with Gasteiger partial charge >= 0.3 is 0 Å². The number of rotatable bonds is 7. The van der Waals surface area contributed by atoms with Crippen LogP contribution >= 0.6 is 15.9 Å². The molecule has 0 heterocycles. The lowest BCUT2D eigenvalue weighted by atomic mass is 10.1. The first-order valence-corrected chi connectivity index (χ1v) is 8.16. The summed E-state index contributed by atoms with van der Waals surface area (Å²) in [6.07, 6.45) is 1.02. The Balaban J connectivity index is 1.99. The van der Waals surface area contributed by atoms with Crippen LogP contribution in [0.3, 0.4) is 0 Å². The van der Waals surface area contributed by atoms with E-state index in [0.717, 1.165) is 36.3 Å². The minimum absolute atomic E-state index is 0.756. The SMILES string of the molecule is CCCOc1ccc(Br)cc1CNCc1ccccc1C. The van der Waals surface area contributed by atoms with Gasteiger partial charge in [0.25, 0.3) is 0 Å². The third-order valence-corrected chi connectivity index (χ3v) is 3.87. The van der Waals surface area contributed by atoms with E-state index in [4.69, 9.17) is 4.74 Å². The van der Waals surface area contributed by atoms with Crippen LogP contribution in [0.5, 0.6) is 5.75 Å². The van der Waals surface area contributed by atoms with E-state index in [2.05, 4.69) is 65.4 Å². The molecule has 0 spiro atoms. The Hall–Kier alpha value is -1.32. The molecule has 2 rings (SSSR count). The van der Waals surface area contributed by atoms with Crippen LogP contribution in [0.25, 0.3) is 0 Å². The van der Waals surface area contributed by atoms with Gasteiger partial charge in [0.2, 0.25) is 0 Å². The number of benzene rings is 2. The number of halogens is 1. The molecule has 0 aliphatic carbocycles. The summed E-state index contributed by atoms with van der Waals surface area (Å²) >= 11 is 3.53. The van der Waals surface area contributed by atoms with Gasteiger partial charge in [-0.1, -0.05) is 47.1 Å². The van der Waals surface area contributed by atoms with Crippen molar-refractivity contribution < 1.29 is 4.74 Å². The molecule has 21 heavy (non-hydrogen) atoms. The molecule has 0 unspecified atom stereocenters. The van der Waals surface area contributed by atoms with Gasteiger partial charge in [0.1, 0.15) is 5.75 Å². The van der Waals surface area contributed by atoms with Gasteiger partial charge < -0.3 is 10.1 Å². The van der Waals surface area contributed by atoms with Crippen LogP contribution in [0.2, 0.25) is 0 Å². The highest BCUT2D eigenvalue weighted by Crippen LogP contribution is 2.23. The van der Waals surface area contributed by atoms with Crippen LogP contribution in [-0.4, -0.2) is 6.61 Å². The van der Waals surface area contributed by atoms with E-state index in [9.17, 15) is 0 Å². The molecule has 0 amide bonds. The van der Waals surface area contributed by atoms with Gasteiger partial charge in [0, 0.05) is 23.1 Å². The lowest BCUT2D eigenvalue weighted by molar-refractivity contribution is 0.313. The molecule has 2 nitrogen and oxygen atoms in total. The highest BCUT2D eigenvalue weighted by Gasteiger charge is 2.05. The van der Waals surface area contributed by atoms with E-state index in [-0.39, 0.29) is 0 Å². The molecular formula is C18H22BrNO. The zero-order chi connectivity index (χ0) is 15.1. The molecule has 0 saturated heterocycles. The first-order chi connectivity index (χ1) is 10.2. The van der Waals surface area contributed by atoms with Crippen molar-refractivity contribution in [3.05, 3.63) is 63.6 Å². The van der Waals surface area contributed by atoms with Crippen molar-refractivity contribution in [2.24, 2.45) is 0 Å². The third-order valence-electron chi connectivity index (χ3n) is 3.38. The number of aryl methyl sites for hydroxylation is 1. The van der Waals surface area contributed by atoms with Crippen molar-refractivity contribution in [1.29, 1.82) is 0 Å². The van der Waals surface area contributed by atoms with Crippen LogP contribution in [-0.2, 0) is 13.1 Å². The summed E-state index contributed by atoms with van der Waals surface area (Å²) in [5.74, 6) is 0.970. The molecule has 112 valence electrons. The molecular weight excluding hydrogens is 326 g/mol. The van der Waals surface area contributed by atoms with Crippen molar-refractivity contribution >= 4 is 15.9 Å². The summed E-state index contributed by atoms with van der Waals surface area (Å²) < 4.78 is 6.89. The van der Waals surface area contributed by atoms with Gasteiger partial charge in [-0.2, -0.15) is 0 Å². The van der Waals surface area contributed by atoms with Crippen LogP contribution in [0.4, 0.5) is 0 Å². The quantitative estimate of drug-likeness (QED) is 0.773. The fourth-order valence-corrected chi connectivity index (χ4v) is 2.59. The summed E-state index contributed by atoms with van der Waals surface area (Å²) in [6.45, 7) is 6.69.